The van der Waals surface area contributed by atoms with Gasteiger partial charge in [0.1, 0.15) is 29.5 Å². The second-order valence-electron chi connectivity index (χ2n) is 20.7. The molecule has 0 aliphatic carbocycles. The van der Waals surface area contributed by atoms with Crippen molar-refractivity contribution in [3.8, 4) is 5.75 Å². The lowest BCUT2D eigenvalue weighted by Crippen LogP contribution is -2.50. The Morgan fingerprint density at radius 3 is 1.79 bits per heavy atom. The molecule has 2 aliphatic heterocycles. The van der Waals surface area contributed by atoms with Crippen molar-refractivity contribution < 1.29 is 67.1 Å². The summed E-state index contributed by atoms with van der Waals surface area (Å²) in [6.07, 6.45) is 1.86. The van der Waals surface area contributed by atoms with Gasteiger partial charge in [0.05, 0.1) is 39.5 Å². The van der Waals surface area contributed by atoms with E-state index in [4.69, 9.17) is 15.2 Å². The fourth-order valence-electron chi connectivity index (χ4n) is 9.68. The second kappa shape index (κ2) is 37.1. The molecular weight excluding hydrogens is 1110 g/mol. The number of hydrogen-bond acceptors (Lipinski definition) is 16. The number of nitrogens with one attached hydrogen (secondary N) is 6. The number of guanidine groups is 1. The van der Waals surface area contributed by atoms with Crippen LogP contribution in [0.2, 0.25) is 0 Å². The van der Waals surface area contributed by atoms with Crippen molar-refractivity contribution >= 4 is 47.6 Å². The van der Waals surface area contributed by atoms with Crippen LogP contribution in [0.1, 0.15) is 73.4 Å². The van der Waals surface area contributed by atoms with Crippen LogP contribution in [0.15, 0.2) is 65.7 Å². The summed E-state index contributed by atoms with van der Waals surface area (Å²) in [5.41, 5.74) is 9.20. The molecule has 0 bridgehead atoms. The number of rotatable bonds is 32. The molecule has 3 aromatic rings. The zero-order valence-electron chi connectivity index (χ0n) is 48.8. The number of phenols is 1. The molecular formula is C58H85F2N13O12. The van der Waals surface area contributed by atoms with Gasteiger partial charge in [0.2, 0.25) is 23.6 Å². The summed E-state index contributed by atoms with van der Waals surface area (Å²) in [5.74, 6) is -6.45. The molecule has 1 fully saturated rings. The maximum atomic E-state index is 14.7. The van der Waals surface area contributed by atoms with E-state index in [2.05, 4.69) is 41.8 Å². The van der Waals surface area contributed by atoms with Crippen molar-refractivity contribution in [3.63, 3.8) is 0 Å². The first-order valence-corrected chi connectivity index (χ1v) is 28.9. The zero-order valence-corrected chi connectivity index (χ0v) is 48.8. The highest BCUT2D eigenvalue weighted by Gasteiger charge is 2.34. The number of likely N-dealkylation sites (N-methyl/N-ethyl adjacent to an activating group) is 1. The Bertz CT molecular complexity index is 2630. The molecule has 27 heteroatoms. The van der Waals surface area contributed by atoms with Gasteiger partial charge in [-0.1, -0.05) is 62.4 Å². The molecule has 2 heterocycles. The van der Waals surface area contributed by atoms with Crippen LogP contribution < -0.4 is 37.6 Å². The lowest BCUT2D eigenvalue weighted by atomic mass is 10.00. The number of nitrogens with two attached hydrogens (primary N) is 1. The van der Waals surface area contributed by atoms with Gasteiger partial charge in [-0.05, 0) is 54.5 Å². The number of aliphatic carboxylic acids is 2. The van der Waals surface area contributed by atoms with Crippen LogP contribution in [0.3, 0.4) is 0 Å². The van der Waals surface area contributed by atoms with Gasteiger partial charge >= 0.3 is 18.0 Å². The Morgan fingerprint density at radius 1 is 0.659 bits per heavy atom. The van der Waals surface area contributed by atoms with Gasteiger partial charge in [-0.25, -0.2) is 13.6 Å². The molecule has 0 aromatic heterocycles. The number of carboxylic acid groups (broad SMARTS) is 2. The molecule has 0 radical (unpaired) electrons. The highest BCUT2D eigenvalue weighted by Crippen LogP contribution is 2.32. The minimum atomic E-state index is -1.21. The summed E-state index contributed by atoms with van der Waals surface area (Å²) in [7, 11) is 0. The lowest BCUT2D eigenvalue weighted by Gasteiger charge is -2.33. The number of amides is 6. The number of aliphatic imine (C=N–C) groups is 1. The van der Waals surface area contributed by atoms with E-state index < -0.39 is 71.4 Å². The molecule has 25 nitrogen and oxygen atoms in total. The number of carbonyl (C=O) groups is 7. The Kier molecular flexibility index (Phi) is 29.9. The Morgan fingerprint density at radius 2 is 1.21 bits per heavy atom. The molecule has 1 saturated heterocycles. The van der Waals surface area contributed by atoms with E-state index in [1.165, 1.54) is 0 Å². The number of aromatic hydroxyl groups is 1. The summed E-state index contributed by atoms with van der Waals surface area (Å²) < 4.78 is 41.0. The summed E-state index contributed by atoms with van der Waals surface area (Å²) in [4.78, 5) is 102. The predicted molar refractivity (Wildman–Crippen MR) is 312 cm³/mol. The van der Waals surface area contributed by atoms with Crippen LogP contribution in [0.4, 0.5) is 13.6 Å². The number of nitrogens with zero attached hydrogens (tertiary/aromatic N) is 6. The van der Waals surface area contributed by atoms with E-state index in [9.17, 15) is 57.7 Å². The van der Waals surface area contributed by atoms with Crippen molar-refractivity contribution in [2.45, 2.75) is 77.7 Å². The maximum absolute atomic E-state index is 14.7. The van der Waals surface area contributed by atoms with Crippen LogP contribution in [0.25, 0.3) is 0 Å². The van der Waals surface area contributed by atoms with E-state index >= 15 is 0 Å². The number of halogens is 2. The lowest BCUT2D eigenvalue weighted by molar-refractivity contribution is -0.140. The largest absolute Gasteiger partial charge is 0.508 e. The summed E-state index contributed by atoms with van der Waals surface area (Å²) in [5, 5.41) is 44.5. The Balaban J connectivity index is 1.10. The monoisotopic (exact) mass is 1190 g/mol. The van der Waals surface area contributed by atoms with E-state index in [0.29, 0.717) is 117 Å². The standard InChI is InChI=1S/C58H85F2N13O12/c1-3-50(75)62-18-19-65-58(83)68-57(61)64-17-7-12-49(55(81)66-35-46-47(59)33-45(74)34-48(46)60)67-56(82)54(73-36-43-10-5-6-11-44(43)37-73)42-15-13-41(14-16-42)9-8-29-84-31-32-85-30-20-63-51(76)38-70-23-21-69(4-2)22-24-71(39-52(77)78)27-28-72(26-25-70)40-53(79)80/h5-6,10-11,13-16,33-34,49,54,74H,3-4,7-9,12,17-32,35-40H2,1-2H3,(H,62,75)(H,63,76)(H,66,81)(H,67,82)(H,77,78)(H,79,80)(H4,61,64,65,68,83). The average Bonchev–Trinajstić information content (AvgIpc) is 4.12. The molecule has 0 spiro atoms. The highest BCUT2D eigenvalue weighted by atomic mass is 19.1. The minimum Gasteiger partial charge on any atom is -0.508 e. The quantitative estimate of drug-likeness (QED) is 0.0236. The molecule has 2 aliphatic rings. The zero-order chi connectivity index (χ0) is 61.5. The van der Waals surface area contributed by atoms with Crippen LogP contribution in [-0.4, -0.2) is 225 Å². The van der Waals surface area contributed by atoms with E-state index in [0.717, 1.165) is 35.4 Å². The van der Waals surface area contributed by atoms with E-state index in [1.54, 1.807) is 11.8 Å². The Labute approximate surface area is 495 Å². The van der Waals surface area contributed by atoms with Gasteiger partial charge in [-0.15, -0.1) is 0 Å². The number of ether oxygens (including phenoxy) is 2. The first-order valence-electron chi connectivity index (χ1n) is 28.9. The van der Waals surface area contributed by atoms with Crippen molar-refractivity contribution in [3.05, 3.63) is 100 Å². The van der Waals surface area contributed by atoms with Crippen molar-refractivity contribution in [1.82, 2.24) is 56.4 Å². The van der Waals surface area contributed by atoms with Gasteiger partial charge in [0.15, 0.2) is 5.96 Å². The number of benzene rings is 3. The first kappa shape index (κ1) is 68.4. The fourth-order valence-corrected chi connectivity index (χ4v) is 9.68. The molecule has 85 heavy (non-hydrogen) atoms. The van der Waals surface area contributed by atoms with Gasteiger partial charge in [-0.2, -0.15) is 0 Å². The normalized spacial score (nSPS) is 15.8. The number of aryl methyl sites for hydroxylation is 1. The Hall–Kier alpha value is -7.40. The summed E-state index contributed by atoms with van der Waals surface area (Å²) in [6.45, 7) is 10.8. The van der Waals surface area contributed by atoms with Crippen molar-refractivity contribution in [1.29, 1.82) is 0 Å². The van der Waals surface area contributed by atoms with Crippen LogP contribution in [0, 0.1) is 11.6 Å². The number of urea groups is 1. The maximum Gasteiger partial charge on any atom is 0.321 e. The predicted octanol–water partition coefficient (Wildman–Crippen LogP) is 0.941. The first-order chi connectivity index (χ1) is 40.9. The second-order valence-corrected chi connectivity index (χ2v) is 20.7. The fraction of sp³-hybridized carbons (Fsp3) is 0.552. The van der Waals surface area contributed by atoms with Crippen molar-refractivity contribution in [2.24, 2.45) is 10.7 Å². The molecule has 6 amide bonds. The summed E-state index contributed by atoms with van der Waals surface area (Å²) in [6, 6.07) is 14.2. The minimum absolute atomic E-state index is 0.0107. The molecule has 468 valence electrons. The molecule has 0 saturated carbocycles. The third-order valence-corrected chi connectivity index (χ3v) is 14.4. The average molecular weight is 1190 g/mol. The number of carbonyl (C=O) groups excluding carboxylic acids is 5. The van der Waals surface area contributed by atoms with E-state index in [-0.39, 0.29) is 76.5 Å². The number of carboxylic acids is 2. The number of fused-ring (bicyclic) bond motifs is 1. The van der Waals surface area contributed by atoms with Crippen LogP contribution >= 0.6 is 0 Å². The van der Waals surface area contributed by atoms with Gasteiger partial charge in [0, 0.05) is 129 Å². The van der Waals surface area contributed by atoms with Crippen LogP contribution in [0.5, 0.6) is 5.75 Å². The van der Waals surface area contributed by atoms with Crippen molar-refractivity contribution in [2.75, 3.05) is 131 Å². The smallest absolute Gasteiger partial charge is 0.321 e. The topological polar surface area (TPSA) is 325 Å². The SMILES string of the molecule is CCC(=O)NCCNC(=O)NC(N)=NCCCC(NC(=O)C(c1ccc(CCCOCCOCCNC(=O)CN2CCN(CC)CCN(CC(=O)O)CCN(CC(=O)O)CC2)cc1)N1Cc2ccccc2C1)C(=O)NCc1c(F)cc(O)cc1F. The third-order valence-electron chi connectivity index (χ3n) is 14.4. The molecule has 5 rings (SSSR count). The van der Waals surface area contributed by atoms with E-state index in [1.807, 2.05) is 70.2 Å². The number of phenolic OH excluding ortho intramolecular Hbond substituents is 1. The molecule has 11 N–H and O–H groups in total. The number of hydrogen-bond donors (Lipinski definition) is 10. The van der Waals surface area contributed by atoms with Gasteiger partial charge in [0.25, 0.3) is 0 Å². The van der Waals surface area contributed by atoms with Gasteiger partial charge in [-0.3, -0.25) is 58.7 Å². The molecule has 3 aromatic carbocycles. The highest BCUT2D eigenvalue weighted by molar-refractivity contribution is 5.95. The van der Waals surface area contributed by atoms with Gasteiger partial charge < -0.3 is 62.0 Å². The molecule has 2 unspecified atom stereocenters. The summed E-state index contributed by atoms with van der Waals surface area (Å²) >= 11 is 0. The molecule has 2 atom stereocenters. The van der Waals surface area contributed by atoms with Crippen LogP contribution in [-0.2, 0) is 64.3 Å². The third kappa shape index (κ3) is 25.4.